The van der Waals surface area contributed by atoms with Crippen LogP contribution in [0.1, 0.15) is 48.7 Å². The van der Waals surface area contributed by atoms with Gasteiger partial charge in [-0.3, -0.25) is 15.1 Å². The third-order valence-electron chi connectivity index (χ3n) is 3.72. The topological polar surface area (TPSA) is 67.8 Å². The van der Waals surface area contributed by atoms with Crippen LogP contribution in [0, 0.1) is 0 Å². The molecular weight excluding hydrogens is 296 g/mol. The van der Waals surface area contributed by atoms with E-state index in [1.807, 2.05) is 18.2 Å². The number of anilines is 1. The van der Waals surface area contributed by atoms with Crippen molar-refractivity contribution in [2.24, 2.45) is 0 Å². The van der Waals surface area contributed by atoms with Crippen molar-refractivity contribution in [2.75, 3.05) is 5.32 Å². The van der Waals surface area contributed by atoms with Gasteiger partial charge in [0, 0.05) is 18.2 Å². The Morgan fingerprint density at radius 2 is 2.09 bits per heavy atom. The quantitative estimate of drug-likeness (QED) is 0.875. The van der Waals surface area contributed by atoms with Gasteiger partial charge in [-0.15, -0.1) is 10.2 Å². The van der Waals surface area contributed by atoms with Crippen LogP contribution in [0.25, 0.3) is 6.08 Å². The number of nitrogens with one attached hydrogen (secondary N) is 1. The summed E-state index contributed by atoms with van der Waals surface area (Å²) in [6.07, 6.45) is 11.0. The summed E-state index contributed by atoms with van der Waals surface area (Å²) >= 11 is 1.49. The second-order valence-electron chi connectivity index (χ2n) is 5.36. The lowest BCUT2D eigenvalue weighted by Gasteiger charge is -2.18. The highest BCUT2D eigenvalue weighted by atomic mass is 32.1. The third kappa shape index (κ3) is 3.98. The average Bonchev–Trinajstić information content (AvgIpc) is 3.03. The highest BCUT2D eigenvalue weighted by Crippen LogP contribution is 2.35. The van der Waals surface area contributed by atoms with Gasteiger partial charge in [-0.2, -0.15) is 0 Å². The highest BCUT2D eigenvalue weighted by molar-refractivity contribution is 7.15. The predicted molar refractivity (Wildman–Crippen MR) is 87.6 cm³/mol. The molecule has 114 valence electrons. The summed E-state index contributed by atoms with van der Waals surface area (Å²) in [6.45, 7) is 0. The van der Waals surface area contributed by atoms with Crippen LogP contribution in [-0.2, 0) is 4.79 Å². The van der Waals surface area contributed by atoms with Gasteiger partial charge in [-0.25, -0.2) is 0 Å². The van der Waals surface area contributed by atoms with Crippen LogP contribution in [0.2, 0.25) is 0 Å². The molecule has 2 heterocycles. The van der Waals surface area contributed by atoms with Gasteiger partial charge >= 0.3 is 0 Å². The zero-order chi connectivity index (χ0) is 15.2. The summed E-state index contributed by atoms with van der Waals surface area (Å²) < 4.78 is 0. The van der Waals surface area contributed by atoms with E-state index in [0.717, 1.165) is 10.7 Å². The Balaban J connectivity index is 1.57. The van der Waals surface area contributed by atoms with Gasteiger partial charge in [-0.1, -0.05) is 36.7 Å². The Morgan fingerprint density at radius 3 is 2.86 bits per heavy atom. The number of hydrogen-bond donors (Lipinski definition) is 1. The van der Waals surface area contributed by atoms with Crippen LogP contribution in [0.4, 0.5) is 5.13 Å². The molecule has 2 aromatic rings. The normalized spacial score (nSPS) is 16.0. The molecule has 0 saturated heterocycles. The van der Waals surface area contributed by atoms with Crippen molar-refractivity contribution in [1.29, 1.82) is 0 Å². The number of rotatable bonds is 4. The molecule has 0 radical (unpaired) electrons. The predicted octanol–water partition coefficient (Wildman–Crippen LogP) is 3.63. The van der Waals surface area contributed by atoms with Crippen molar-refractivity contribution in [1.82, 2.24) is 15.2 Å². The van der Waals surface area contributed by atoms with Crippen LogP contribution >= 0.6 is 11.3 Å². The van der Waals surface area contributed by atoms with Crippen LogP contribution < -0.4 is 5.32 Å². The minimum Gasteiger partial charge on any atom is -0.297 e. The van der Waals surface area contributed by atoms with Crippen molar-refractivity contribution in [2.45, 2.75) is 38.0 Å². The molecule has 6 heteroatoms. The fourth-order valence-corrected chi connectivity index (χ4v) is 3.50. The summed E-state index contributed by atoms with van der Waals surface area (Å²) in [6, 6.07) is 5.56. The molecule has 2 aromatic heterocycles. The van der Waals surface area contributed by atoms with Crippen LogP contribution in [0.5, 0.6) is 0 Å². The number of nitrogens with zero attached hydrogens (tertiary/aromatic N) is 3. The molecule has 0 aliphatic heterocycles. The Morgan fingerprint density at radius 1 is 1.23 bits per heavy atom. The van der Waals surface area contributed by atoms with E-state index in [1.54, 1.807) is 12.3 Å². The lowest BCUT2D eigenvalue weighted by Crippen LogP contribution is -2.07. The van der Waals surface area contributed by atoms with Gasteiger partial charge in [0.1, 0.15) is 5.01 Å². The van der Waals surface area contributed by atoms with E-state index >= 15 is 0 Å². The van der Waals surface area contributed by atoms with Gasteiger partial charge in [0.25, 0.3) is 0 Å². The zero-order valence-electron chi connectivity index (χ0n) is 12.2. The monoisotopic (exact) mass is 314 g/mol. The second kappa shape index (κ2) is 7.26. The van der Waals surface area contributed by atoms with E-state index in [1.165, 1.54) is 49.5 Å². The first kappa shape index (κ1) is 14.8. The van der Waals surface area contributed by atoms with E-state index in [-0.39, 0.29) is 5.91 Å². The molecule has 5 nitrogen and oxygen atoms in total. The molecule has 1 saturated carbocycles. The molecule has 0 atom stereocenters. The number of amides is 1. The van der Waals surface area contributed by atoms with Crippen LogP contribution in [0.15, 0.2) is 30.5 Å². The molecule has 22 heavy (non-hydrogen) atoms. The molecule has 0 spiro atoms. The third-order valence-corrected chi connectivity index (χ3v) is 4.72. The number of carbonyl (C=O) groups excluding carboxylic acids is 1. The Labute approximate surface area is 133 Å². The lowest BCUT2D eigenvalue weighted by molar-refractivity contribution is -0.111. The summed E-state index contributed by atoms with van der Waals surface area (Å²) in [7, 11) is 0. The minimum atomic E-state index is -0.211. The van der Waals surface area contributed by atoms with Gasteiger partial charge in [0.2, 0.25) is 11.0 Å². The van der Waals surface area contributed by atoms with Crippen molar-refractivity contribution >= 4 is 28.5 Å². The lowest BCUT2D eigenvalue weighted by atomic mass is 9.90. The van der Waals surface area contributed by atoms with Gasteiger partial charge < -0.3 is 0 Å². The molecular formula is C16H18N4OS. The van der Waals surface area contributed by atoms with Gasteiger partial charge in [0.05, 0.1) is 5.69 Å². The SMILES string of the molecule is O=C(/C=C/c1ccccn1)Nc1nnc(C2CCCCC2)s1. The molecule has 1 fully saturated rings. The maximum atomic E-state index is 11.9. The zero-order valence-corrected chi connectivity index (χ0v) is 13.1. The Kier molecular flexibility index (Phi) is 4.90. The molecule has 0 unspecified atom stereocenters. The van der Waals surface area contributed by atoms with Crippen LogP contribution in [0.3, 0.4) is 0 Å². The average molecular weight is 314 g/mol. The number of carbonyl (C=O) groups is 1. The summed E-state index contributed by atoms with van der Waals surface area (Å²) in [5, 5.41) is 12.7. The maximum absolute atomic E-state index is 11.9. The molecule has 1 amide bonds. The van der Waals surface area contributed by atoms with Gasteiger partial charge in [-0.05, 0) is 31.1 Å². The van der Waals surface area contributed by atoms with E-state index in [0.29, 0.717) is 11.0 Å². The van der Waals surface area contributed by atoms with Gasteiger partial charge in [0.15, 0.2) is 0 Å². The molecule has 0 aromatic carbocycles. The largest absolute Gasteiger partial charge is 0.297 e. The van der Waals surface area contributed by atoms with Crippen molar-refractivity contribution in [3.05, 3.63) is 41.2 Å². The second-order valence-corrected chi connectivity index (χ2v) is 6.37. The Hall–Kier alpha value is -2.08. The molecule has 1 aliphatic carbocycles. The molecule has 0 bridgehead atoms. The summed E-state index contributed by atoms with van der Waals surface area (Å²) in [5.41, 5.74) is 0.748. The fraction of sp³-hybridized carbons (Fsp3) is 0.375. The van der Waals surface area contributed by atoms with E-state index in [4.69, 9.17) is 0 Å². The van der Waals surface area contributed by atoms with Crippen LogP contribution in [-0.4, -0.2) is 21.1 Å². The number of pyridine rings is 1. The van der Waals surface area contributed by atoms with E-state index < -0.39 is 0 Å². The molecule has 3 rings (SSSR count). The first-order valence-electron chi connectivity index (χ1n) is 7.55. The summed E-state index contributed by atoms with van der Waals surface area (Å²) in [4.78, 5) is 16.0. The first-order chi connectivity index (χ1) is 10.8. The molecule has 1 N–H and O–H groups in total. The number of aromatic nitrogens is 3. The first-order valence-corrected chi connectivity index (χ1v) is 8.36. The Bertz CT molecular complexity index is 647. The van der Waals surface area contributed by atoms with E-state index in [9.17, 15) is 4.79 Å². The summed E-state index contributed by atoms with van der Waals surface area (Å²) in [5.74, 6) is 0.304. The number of hydrogen-bond acceptors (Lipinski definition) is 5. The maximum Gasteiger partial charge on any atom is 0.250 e. The van der Waals surface area contributed by atoms with Crippen molar-refractivity contribution in [3.63, 3.8) is 0 Å². The van der Waals surface area contributed by atoms with Crippen molar-refractivity contribution < 1.29 is 4.79 Å². The fourth-order valence-electron chi connectivity index (χ4n) is 2.58. The smallest absolute Gasteiger partial charge is 0.250 e. The standard InChI is InChI=1S/C16H18N4OS/c21-14(10-9-13-8-4-5-11-17-13)18-16-20-19-15(22-16)12-6-2-1-3-7-12/h4-5,8-12H,1-3,6-7H2,(H,18,20,21)/b10-9+. The molecule has 1 aliphatic rings. The van der Waals surface area contributed by atoms with Crippen molar-refractivity contribution in [3.8, 4) is 0 Å². The highest BCUT2D eigenvalue weighted by Gasteiger charge is 2.19. The minimum absolute atomic E-state index is 0.211. The van der Waals surface area contributed by atoms with E-state index in [2.05, 4.69) is 20.5 Å².